The van der Waals surface area contributed by atoms with Gasteiger partial charge in [-0.3, -0.25) is 9.79 Å². The number of ether oxygens (including phenoxy) is 2. The van der Waals surface area contributed by atoms with Crippen LogP contribution in [0.4, 0.5) is 17.6 Å². The number of nitrogens with zero attached hydrogens (tertiary/aromatic N) is 1. The van der Waals surface area contributed by atoms with Gasteiger partial charge < -0.3 is 9.47 Å². The quantitative estimate of drug-likeness (QED) is 0.0882. The summed E-state index contributed by atoms with van der Waals surface area (Å²) in [5.74, 6) is -1.01. The van der Waals surface area contributed by atoms with Gasteiger partial charge >= 0.3 is 6.11 Å². The minimum absolute atomic E-state index is 0.0374. The molecular weight excluding hydrogens is 462 g/mol. The van der Waals surface area contributed by atoms with Gasteiger partial charge in [-0.2, -0.15) is 8.78 Å². The molecule has 0 aliphatic carbocycles. The second kappa shape index (κ2) is 14.1. The van der Waals surface area contributed by atoms with Crippen LogP contribution in [-0.2, 0) is 17.3 Å². The Hall–Kier alpha value is -3.44. The zero-order valence-corrected chi connectivity index (χ0v) is 20.2. The smallest absolute Gasteiger partial charge is 0.394 e. The molecule has 0 fully saturated rings. The highest BCUT2D eigenvalue weighted by molar-refractivity contribution is 6.21. The van der Waals surface area contributed by atoms with Gasteiger partial charge in [0.1, 0.15) is 12.5 Å². The van der Waals surface area contributed by atoms with Crippen LogP contribution in [-0.4, -0.2) is 24.8 Å². The van der Waals surface area contributed by atoms with Gasteiger partial charge in [0.25, 0.3) is 5.92 Å². The lowest BCUT2D eigenvalue weighted by Crippen LogP contribution is -2.18. The fourth-order valence-electron chi connectivity index (χ4n) is 2.58. The van der Waals surface area contributed by atoms with Crippen LogP contribution in [0.5, 0.6) is 5.75 Å². The molecule has 2 aromatic rings. The summed E-state index contributed by atoms with van der Waals surface area (Å²) in [7, 11) is 0. The van der Waals surface area contributed by atoms with Crippen LogP contribution in [0.1, 0.15) is 55.6 Å². The van der Waals surface area contributed by atoms with E-state index >= 15 is 0 Å². The molecule has 0 heterocycles. The summed E-state index contributed by atoms with van der Waals surface area (Å²) in [5, 5.41) is 0. The number of hydrogen-bond donors (Lipinski definition) is 0. The van der Waals surface area contributed by atoms with E-state index in [4.69, 9.17) is 11.2 Å². The zero-order chi connectivity index (χ0) is 26.5. The Balaban J connectivity index is 0.00000142. The monoisotopic (exact) mass is 491 g/mol. The molecule has 0 atom stereocenters. The fourth-order valence-corrected chi connectivity index (χ4v) is 2.58. The molecule has 2 aromatic carbocycles. The minimum Gasteiger partial charge on any atom is -0.433 e. The zero-order valence-electron chi connectivity index (χ0n) is 20.2. The summed E-state index contributed by atoms with van der Waals surface area (Å²) in [6.07, 6.45) is 5.22. The molecule has 0 aliphatic rings. The second-order valence-corrected chi connectivity index (χ2v) is 7.44. The first-order valence-electron chi connectivity index (χ1n) is 10.8. The standard InChI is InChI=1S/C23H23F4NO3.C4H6/c1-4-17(21(29)18-6-5-7-19(12-18)22(2,24)25)13-28-15-30-14-16-8-10-20(11-9-16)31-23(3,26)27;1-3-4-2/h4-13H,14-15H2,1-3H3;1H,4H2,2H3/b17-4+,28-13-;. The predicted molar refractivity (Wildman–Crippen MR) is 129 cm³/mol. The average Bonchev–Trinajstić information content (AvgIpc) is 2.81. The molecule has 0 saturated carbocycles. The van der Waals surface area contributed by atoms with E-state index in [1.54, 1.807) is 19.1 Å². The molecule has 0 N–H and O–H groups in total. The topological polar surface area (TPSA) is 47.9 Å². The first kappa shape index (κ1) is 29.6. The fraction of sp³-hybridized carbons (Fsp3) is 0.333. The van der Waals surface area contributed by atoms with Gasteiger partial charge in [0.15, 0.2) is 5.78 Å². The Morgan fingerprint density at radius 1 is 1.11 bits per heavy atom. The summed E-state index contributed by atoms with van der Waals surface area (Å²) in [4.78, 5) is 16.6. The number of terminal acetylenes is 1. The molecule has 0 radical (unpaired) electrons. The van der Waals surface area contributed by atoms with E-state index in [0.29, 0.717) is 6.92 Å². The third-order valence-corrected chi connectivity index (χ3v) is 4.29. The van der Waals surface area contributed by atoms with Crippen LogP contribution >= 0.6 is 0 Å². The number of rotatable bonds is 10. The molecular formula is C27H29F4NO3. The molecule has 0 saturated heterocycles. The Kier molecular flexibility index (Phi) is 11.9. The number of carbonyl (C=O) groups is 1. The van der Waals surface area contributed by atoms with Crippen LogP contribution in [0.25, 0.3) is 0 Å². The molecule has 35 heavy (non-hydrogen) atoms. The van der Waals surface area contributed by atoms with Crippen molar-refractivity contribution in [1.29, 1.82) is 0 Å². The van der Waals surface area contributed by atoms with Crippen molar-refractivity contribution in [2.75, 3.05) is 6.73 Å². The molecule has 0 spiro atoms. The third-order valence-electron chi connectivity index (χ3n) is 4.29. The van der Waals surface area contributed by atoms with Crippen molar-refractivity contribution in [3.8, 4) is 18.1 Å². The summed E-state index contributed by atoms with van der Waals surface area (Å²) >= 11 is 0. The number of Topliss-reactive ketones (excluding diaryl/α,β-unsaturated/α-hetero) is 1. The predicted octanol–water partition coefficient (Wildman–Crippen LogP) is 7.19. The van der Waals surface area contributed by atoms with E-state index in [0.717, 1.165) is 25.0 Å². The van der Waals surface area contributed by atoms with Gasteiger partial charge in [-0.25, -0.2) is 8.78 Å². The van der Waals surface area contributed by atoms with E-state index in [2.05, 4.69) is 15.6 Å². The lowest BCUT2D eigenvalue weighted by Gasteiger charge is -2.13. The maximum absolute atomic E-state index is 13.5. The Morgan fingerprint density at radius 3 is 2.26 bits per heavy atom. The number of carbonyl (C=O) groups excluding carboxylic acids is 1. The number of hydrogen-bond acceptors (Lipinski definition) is 4. The highest BCUT2D eigenvalue weighted by Gasteiger charge is 2.25. The molecule has 0 aromatic heterocycles. The van der Waals surface area contributed by atoms with E-state index < -0.39 is 17.8 Å². The van der Waals surface area contributed by atoms with Gasteiger partial charge in [-0.1, -0.05) is 43.3 Å². The summed E-state index contributed by atoms with van der Waals surface area (Å²) < 4.78 is 62.4. The van der Waals surface area contributed by atoms with Crippen molar-refractivity contribution in [2.24, 2.45) is 4.99 Å². The highest BCUT2D eigenvalue weighted by atomic mass is 19.3. The number of benzene rings is 2. The van der Waals surface area contributed by atoms with Crippen LogP contribution < -0.4 is 4.74 Å². The average molecular weight is 492 g/mol. The number of allylic oxidation sites excluding steroid dienone is 2. The SMILES string of the molecule is C#CCC.C/C=C(\C=N/COCc1ccc(OC(C)(F)F)cc1)C(=O)c1cccc(C(C)(F)F)c1. The number of ketones is 1. The third kappa shape index (κ3) is 11.5. The van der Waals surface area contributed by atoms with Gasteiger partial charge in [-0.05, 0) is 30.7 Å². The lowest BCUT2D eigenvalue weighted by molar-refractivity contribution is -0.158. The van der Waals surface area contributed by atoms with Crippen LogP contribution in [0.3, 0.4) is 0 Å². The number of aliphatic imine (C=N–C) groups is 1. The lowest BCUT2D eigenvalue weighted by atomic mass is 10.00. The van der Waals surface area contributed by atoms with Crippen LogP contribution in [0, 0.1) is 12.3 Å². The van der Waals surface area contributed by atoms with Crippen molar-refractivity contribution < 1.29 is 31.8 Å². The summed E-state index contributed by atoms with van der Waals surface area (Å²) in [5.41, 5.74) is 0.858. The Bertz CT molecular complexity index is 1040. The maximum Gasteiger partial charge on any atom is 0.394 e. The van der Waals surface area contributed by atoms with Gasteiger partial charge in [0.05, 0.1) is 6.61 Å². The molecule has 8 heteroatoms. The molecule has 0 aliphatic heterocycles. The number of halogens is 4. The van der Waals surface area contributed by atoms with Crippen molar-refractivity contribution >= 4 is 12.0 Å². The molecule has 0 bridgehead atoms. The largest absolute Gasteiger partial charge is 0.433 e. The second-order valence-electron chi connectivity index (χ2n) is 7.44. The molecule has 2 rings (SSSR count). The van der Waals surface area contributed by atoms with E-state index in [-0.39, 0.29) is 35.8 Å². The van der Waals surface area contributed by atoms with Crippen molar-refractivity contribution in [3.63, 3.8) is 0 Å². The Morgan fingerprint density at radius 2 is 1.74 bits per heavy atom. The molecule has 0 unspecified atom stereocenters. The van der Waals surface area contributed by atoms with E-state index in [1.807, 2.05) is 6.92 Å². The van der Waals surface area contributed by atoms with Crippen LogP contribution in [0.2, 0.25) is 0 Å². The van der Waals surface area contributed by atoms with E-state index in [1.165, 1.54) is 42.6 Å². The molecule has 188 valence electrons. The maximum atomic E-state index is 13.5. The van der Waals surface area contributed by atoms with Crippen LogP contribution in [0.15, 0.2) is 65.2 Å². The highest BCUT2D eigenvalue weighted by Crippen LogP contribution is 2.27. The normalized spacial score (nSPS) is 12.0. The first-order chi connectivity index (χ1) is 16.4. The first-order valence-corrected chi connectivity index (χ1v) is 10.8. The van der Waals surface area contributed by atoms with Gasteiger partial charge in [0, 0.05) is 43.2 Å². The van der Waals surface area contributed by atoms with E-state index in [9.17, 15) is 22.4 Å². The van der Waals surface area contributed by atoms with Crippen molar-refractivity contribution in [1.82, 2.24) is 0 Å². The van der Waals surface area contributed by atoms with Crippen molar-refractivity contribution in [3.05, 3.63) is 76.9 Å². The van der Waals surface area contributed by atoms with Gasteiger partial charge in [-0.15, -0.1) is 12.3 Å². The summed E-state index contributed by atoms with van der Waals surface area (Å²) in [6.45, 7) is 5.13. The molecule has 0 amide bonds. The number of alkyl halides is 4. The summed E-state index contributed by atoms with van der Waals surface area (Å²) in [6, 6.07) is 11.3. The molecule has 4 nitrogen and oxygen atoms in total. The minimum atomic E-state index is -3.26. The Labute approximate surface area is 203 Å². The van der Waals surface area contributed by atoms with Gasteiger partial charge in [0.2, 0.25) is 0 Å². The van der Waals surface area contributed by atoms with Crippen molar-refractivity contribution in [2.45, 2.75) is 52.8 Å².